The van der Waals surface area contributed by atoms with Crippen molar-refractivity contribution in [1.82, 2.24) is 9.63 Å². The van der Waals surface area contributed by atoms with Crippen LogP contribution in [-0.4, -0.2) is 26.9 Å². The molecule has 0 radical (unpaired) electrons. The summed E-state index contributed by atoms with van der Waals surface area (Å²) in [6.07, 6.45) is 2.00. The Morgan fingerprint density at radius 3 is 2.72 bits per heavy atom. The van der Waals surface area contributed by atoms with E-state index in [1.165, 1.54) is 0 Å². The number of carbonyl (C=O) groups excluding carboxylic acids is 1. The number of carbonyl (C=O) groups is 1. The topological polar surface area (TPSA) is 71.5 Å². The van der Waals surface area contributed by atoms with Crippen molar-refractivity contribution in [3.05, 3.63) is 59.8 Å². The van der Waals surface area contributed by atoms with E-state index in [0.29, 0.717) is 16.6 Å². The van der Waals surface area contributed by atoms with Gasteiger partial charge in [0.05, 0.1) is 6.04 Å². The van der Waals surface area contributed by atoms with Crippen LogP contribution in [0.5, 0.6) is 0 Å². The van der Waals surface area contributed by atoms with Gasteiger partial charge in [-0.25, -0.2) is 9.86 Å². The van der Waals surface area contributed by atoms with Crippen molar-refractivity contribution in [1.29, 1.82) is 0 Å². The highest BCUT2D eigenvalue weighted by Gasteiger charge is 2.18. The summed E-state index contributed by atoms with van der Waals surface area (Å²) in [5.74, 6) is 0. The number of benzene rings is 2. The Balaban J connectivity index is 1.98. The molecule has 5 nitrogen and oxygen atoms in total. The number of hydrogen-bond donors (Lipinski definition) is 2. The van der Waals surface area contributed by atoms with Gasteiger partial charge in [0.25, 0.3) is 0 Å². The van der Waals surface area contributed by atoms with E-state index in [1.54, 1.807) is 18.7 Å². The third-order valence-electron chi connectivity index (χ3n) is 3.88. The molecule has 7 heteroatoms. The van der Waals surface area contributed by atoms with Crippen molar-refractivity contribution in [2.24, 2.45) is 5.73 Å². The van der Waals surface area contributed by atoms with E-state index < -0.39 is 12.1 Å². The second-order valence-electron chi connectivity index (χ2n) is 5.75. The standard InChI is InChI=1S/C18H18ClN3O2S/c1-12(22(24)18(20)23)10-21-11-17(25-14-5-3-2-4-6-14)15-9-13(19)7-8-16(15)21/h2-9,11-12,24H,10H2,1H3,(H2,20,23). The molecule has 25 heavy (non-hydrogen) atoms. The van der Waals surface area contributed by atoms with E-state index in [0.717, 1.165) is 20.7 Å². The molecule has 0 saturated heterocycles. The van der Waals surface area contributed by atoms with Crippen molar-refractivity contribution in [3.8, 4) is 0 Å². The van der Waals surface area contributed by atoms with Gasteiger partial charge in [0.15, 0.2) is 0 Å². The average molecular weight is 376 g/mol. The van der Waals surface area contributed by atoms with Gasteiger partial charge in [0, 0.05) is 38.5 Å². The predicted octanol–water partition coefficient (Wildman–Crippen LogP) is 4.60. The first-order valence-electron chi connectivity index (χ1n) is 7.74. The zero-order valence-electron chi connectivity index (χ0n) is 13.6. The second kappa shape index (κ2) is 7.39. The second-order valence-corrected chi connectivity index (χ2v) is 7.31. The first kappa shape index (κ1) is 17.7. The van der Waals surface area contributed by atoms with E-state index >= 15 is 0 Å². The Bertz CT molecular complexity index is 898. The summed E-state index contributed by atoms with van der Waals surface area (Å²) in [5.41, 5.74) is 6.12. The molecule has 0 bridgehead atoms. The lowest BCUT2D eigenvalue weighted by Gasteiger charge is -2.21. The molecule has 3 N–H and O–H groups in total. The molecule has 0 aliphatic carbocycles. The average Bonchev–Trinajstić information content (AvgIpc) is 2.91. The van der Waals surface area contributed by atoms with Gasteiger partial charge >= 0.3 is 6.03 Å². The number of amides is 2. The number of hydrogen-bond acceptors (Lipinski definition) is 3. The van der Waals surface area contributed by atoms with E-state index in [2.05, 4.69) is 0 Å². The molecule has 1 heterocycles. The molecule has 2 aromatic carbocycles. The molecule has 0 aliphatic heterocycles. The fourth-order valence-electron chi connectivity index (χ4n) is 2.66. The van der Waals surface area contributed by atoms with E-state index in [4.69, 9.17) is 17.3 Å². The van der Waals surface area contributed by atoms with Crippen LogP contribution in [0.2, 0.25) is 5.02 Å². The van der Waals surface area contributed by atoms with Crippen LogP contribution < -0.4 is 5.73 Å². The zero-order chi connectivity index (χ0) is 18.0. The Kier molecular flexibility index (Phi) is 5.22. The van der Waals surface area contributed by atoms with Gasteiger partial charge < -0.3 is 10.3 Å². The number of urea groups is 1. The number of primary amides is 1. The molecule has 2 amide bonds. The van der Waals surface area contributed by atoms with Crippen LogP contribution in [0.1, 0.15) is 6.92 Å². The van der Waals surface area contributed by atoms with Gasteiger partial charge in [-0.2, -0.15) is 0 Å². The van der Waals surface area contributed by atoms with Crippen LogP contribution in [0.15, 0.2) is 64.5 Å². The number of fused-ring (bicyclic) bond motifs is 1. The summed E-state index contributed by atoms with van der Waals surface area (Å²) in [5, 5.41) is 12.0. The maximum Gasteiger partial charge on any atom is 0.338 e. The van der Waals surface area contributed by atoms with Crippen LogP contribution in [0.25, 0.3) is 10.9 Å². The molecular weight excluding hydrogens is 358 g/mol. The summed E-state index contributed by atoms with van der Waals surface area (Å²) >= 11 is 7.81. The number of halogens is 1. The van der Waals surface area contributed by atoms with E-state index in [1.807, 2.05) is 59.3 Å². The summed E-state index contributed by atoms with van der Waals surface area (Å²) in [7, 11) is 0. The molecule has 0 saturated carbocycles. The number of nitrogens with zero attached hydrogens (tertiary/aromatic N) is 2. The van der Waals surface area contributed by atoms with Crippen molar-refractivity contribution in [2.75, 3.05) is 0 Å². The molecule has 130 valence electrons. The SMILES string of the molecule is CC(Cn1cc(Sc2ccccc2)c2cc(Cl)ccc21)N(O)C(N)=O. The summed E-state index contributed by atoms with van der Waals surface area (Å²) in [6, 6.07) is 14.4. The normalized spacial score (nSPS) is 12.3. The minimum absolute atomic E-state index is 0.410. The molecule has 1 unspecified atom stereocenters. The Morgan fingerprint density at radius 1 is 1.32 bits per heavy atom. The lowest BCUT2D eigenvalue weighted by Crippen LogP contribution is -2.41. The maximum absolute atomic E-state index is 11.2. The fourth-order valence-corrected chi connectivity index (χ4v) is 3.84. The highest BCUT2D eigenvalue weighted by Crippen LogP contribution is 2.36. The zero-order valence-corrected chi connectivity index (χ0v) is 15.2. The Morgan fingerprint density at radius 2 is 2.04 bits per heavy atom. The first-order valence-corrected chi connectivity index (χ1v) is 8.94. The fraction of sp³-hybridized carbons (Fsp3) is 0.167. The van der Waals surface area contributed by atoms with Crippen molar-refractivity contribution in [3.63, 3.8) is 0 Å². The quantitative estimate of drug-likeness (QED) is 0.505. The van der Waals surface area contributed by atoms with Crippen LogP contribution in [0.3, 0.4) is 0 Å². The Labute approximate surface area is 154 Å². The lowest BCUT2D eigenvalue weighted by atomic mass is 10.2. The molecule has 1 atom stereocenters. The van der Waals surface area contributed by atoms with Gasteiger partial charge in [0.1, 0.15) is 0 Å². The van der Waals surface area contributed by atoms with Gasteiger partial charge in [0.2, 0.25) is 0 Å². The summed E-state index contributed by atoms with van der Waals surface area (Å²) < 4.78 is 1.99. The number of rotatable bonds is 5. The highest BCUT2D eigenvalue weighted by molar-refractivity contribution is 7.99. The van der Waals surface area contributed by atoms with Crippen LogP contribution in [0, 0.1) is 0 Å². The lowest BCUT2D eigenvalue weighted by molar-refractivity contribution is -0.0734. The van der Waals surface area contributed by atoms with Crippen LogP contribution in [-0.2, 0) is 6.54 Å². The minimum Gasteiger partial charge on any atom is -0.350 e. The van der Waals surface area contributed by atoms with Gasteiger partial charge in [-0.1, -0.05) is 41.6 Å². The molecule has 0 aliphatic rings. The molecule has 3 rings (SSSR count). The largest absolute Gasteiger partial charge is 0.350 e. The van der Waals surface area contributed by atoms with Crippen LogP contribution in [0.4, 0.5) is 4.79 Å². The molecule has 3 aromatic rings. The van der Waals surface area contributed by atoms with Crippen LogP contribution >= 0.6 is 23.4 Å². The minimum atomic E-state index is -0.870. The smallest absolute Gasteiger partial charge is 0.338 e. The maximum atomic E-state index is 11.2. The first-order chi connectivity index (χ1) is 12.0. The number of aromatic nitrogens is 1. The molecule has 1 aromatic heterocycles. The summed E-state index contributed by atoms with van der Waals surface area (Å²) in [6.45, 7) is 2.14. The predicted molar refractivity (Wildman–Crippen MR) is 100 cm³/mol. The summed E-state index contributed by atoms with van der Waals surface area (Å²) in [4.78, 5) is 13.3. The van der Waals surface area contributed by atoms with E-state index in [9.17, 15) is 10.0 Å². The van der Waals surface area contributed by atoms with Crippen molar-refractivity contribution in [2.45, 2.75) is 29.3 Å². The van der Waals surface area contributed by atoms with Crippen molar-refractivity contribution >= 4 is 40.3 Å². The van der Waals surface area contributed by atoms with Gasteiger partial charge in [-0.3, -0.25) is 5.21 Å². The number of hydroxylamine groups is 2. The van der Waals surface area contributed by atoms with Gasteiger partial charge in [-0.15, -0.1) is 0 Å². The van der Waals surface area contributed by atoms with Gasteiger partial charge in [-0.05, 0) is 37.3 Å². The number of nitrogens with two attached hydrogens (primary N) is 1. The third-order valence-corrected chi connectivity index (χ3v) is 5.17. The molecule has 0 fully saturated rings. The molecular formula is C18H18ClN3O2S. The highest BCUT2D eigenvalue weighted by atomic mass is 35.5. The molecule has 0 spiro atoms. The van der Waals surface area contributed by atoms with Crippen molar-refractivity contribution < 1.29 is 10.0 Å². The van der Waals surface area contributed by atoms with E-state index in [-0.39, 0.29) is 0 Å². The Hall–Kier alpha value is -2.15. The third kappa shape index (κ3) is 3.92. The monoisotopic (exact) mass is 375 g/mol.